The number of nitrogens with one attached hydrogen (secondary N) is 1. The summed E-state index contributed by atoms with van der Waals surface area (Å²) in [6.07, 6.45) is 0.270. The van der Waals surface area contributed by atoms with Gasteiger partial charge in [-0.15, -0.1) is 0 Å². The largest absolute Gasteiger partial charge is 0.481 e. The Morgan fingerprint density at radius 2 is 1.95 bits per heavy atom. The highest BCUT2D eigenvalue weighted by atomic mass is 16.5. The van der Waals surface area contributed by atoms with Crippen LogP contribution in [0.4, 0.5) is 5.69 Å². The van der Waals surface area contributed by atoms with Gasteiger partial charge in [0.1, 0.15) is 0 Å². The van der Waals surface area contributed by atoms with Gasteiger partial charge in [-0.2, -0.15) is 0 Å². The molecular weight excluding hydrogens is 262 g/mol. The number of hydrogen-bond acceptors (Lipinski definition) is 4. The molecule has 108 valence electrons. The first kappa shape index (κ1) is 15.7. The third kappa shape index (κ3) is 4.72. The Balaban J connectivity index is 2.74. The van der Waals surface area contributed by atoms with E-state index < -0.39 is 11.9 Å². The van der Waals surface area contributed by atoms with Gasteiger partial charge in [-0.25, -0.2) is 4.79 Å². The Labute approximate surface area is 116 Å². The van der Waals surface area contributed by atoms with Crippen molar-refractivity contribution in [2.75, 3.05) is 12.4 Å². The van der Waals surface area contributed by atoms with E-state index in [1.165, 1.54) is 7.11 Å². The maximum Gasteiger partial charge on any atom is 0.339 e. The lowest BCUT2D eigenvalue weighted by Crippen LogP contribution is -2.15. The maximum atomic E-state index is 11.7. The Hall–Kier alpha value is -2.37. The van der Waals surface area contributed by atoms with E-state index in [0.717, 1.165) is 5.56 Å². The van der Waals surface area contributed by atoms with Crippen LogP contribution in [0.2, 0.25) is 0 Å². The molecule has 0 heterocycles. The zero-order chi connectivity index (χ0) is 15.1. The molecule has 0 radical (unpaired) electrons. The van der Waals surface area contributed by atoms with Crippen molar-refractivity contribution in [3.8, 4) is 0 Å². The molecular formula is C14H17NO5. The van der Waals surface area contributed by atoms with Crippen molar-refractivity contribution in [3.05, 3.63) is 29.3 Å². The second-order valence-electron chi connectivity index (χ2n) is 4.34. The average Bonchev–Trinajstić information content (AvgIpc) is 2.39. The lowest BCUT2D eigenvalue weighted by atomic mass is 10.1. The lowest BCUT2D eigenvalue weighted by Gasteiger charge is -2.10. The fourth-order valence-corrected chi connectivity index (χ4v) is 1.66. The number of carboxylic acid groups (broad SMARTS) is 1. The van der Waals surface area contributed by atoms with Crippen LogP contribution in [0.5, 0.6) is 0 Å². The Morgan fingerprint density at radius 3 is 2.55 bits per heavy atom. The van der Waals surface area contributed by atoms with Crippen molar-refractivity contribution in [1.29, 1.82) is 0 Å². The first-order chi connectivity index (χ1) is 9.43. The SMILES string of the molecule is COC(=O)c1cc(C)ccc1NC(=O)CCCC(=O)O. The highest BCUT2D eigenvalue weighted by molar-refractivity contribution is 6.01. The summed E-state index contributed by atoms with van der Waals surface area (Å²) in [5, 5.41) is 11.1. The molecule has 0 aliphatic rings. The van der Waals surface area contributed by atoms with E-state index in [1.807, 2.05) is 6.92 Å². The number of ether oxygens (including phenoxy) is 1. The second-order valence-corrected chi connectivity index (χ2v) is 4.34. The van der Waals surface area contributed by atoms with Crippen LogP contribution < -0.4 is 5.32 Å². The monoisotopic (exact) mass is 279 g/mol. The zero-order valence-electron chi connectivity index (χ0n) is 11.4. The summed E-state index contributed by atoms with van der Waals surface area (Å²) >= 11 is 0. The van der Waals surface area contributed by atoms with Crippen molar-refractivity contribution < 1.29 is 24.2 Å². The van der Waals surface area contributed by atoms with E-state index in [9.17, 15) is 14.4 Å². The second kappa shape index (κ2) is 7.28. The van der Waals surface area contributed by atoms with Crippen LogP contribution in [-0.4, -0.2) is 30.1 Å². The predicted molar refractivity (Wildman–Crippen MR) is 72.6 cm³/mol. The number of methoxy groups -OCH3 is 1. The normalized spacial score (nSPS) is 9.90. The van der Waals surface area contributed by atoms with Crippen LogP contribution in [0.1, 0.15) is 35.2 Å². The Morgan fingerprint density at radius 1 is 1.25 bits per heavy atom. The minimum atomic E-state index is -0.941. The summed E-state index contributed by atoms with van der Waals surface area (Å²) in [7, 11) is 1.27. The van der Waals surface area contributed by atoms with E-state index in [1.54, 1.807) is 18.2 Å². The van der Waals surface area contributed by atoms with Gasteiger partial charge in [0, 0.05) is 12.8 Å². The molecule has 0 bridgehead atoms. The zero-order valence-corrected chi connectivity index (χ0v) is 11.4. The van der Waals surface area contributed by atoms with E-state index in [2.05, 4.69) is 10.1 Å². The molecule has 0 saturated heterocycles. The van der Waals surface area contributed by atoms with Gasteiger partial charge in [0.15, 0.2) is 0 Å². The van der Waals surface area contributed by atoms with Crippen LogP contribution in [0.15, 0.2) is 18.2 Å². The first-order valence-electron chi connectivity index (χ1n) is 6.14. The Bertz CT molecular complexity index is 524. The van der Waals surface area contributed by atoms with Crippen molar-refractivity contribution in [2.24, 2.45) is 0 Å². The van der Waals surface area contributed by atoms with Gasteiger partial charge in [0.25, 0.3) is 0 Å². The minimum Gasteiger partial charge on any atom is -0.481 e. The molecule has 0 aromatic heterocycles. The molecule has 0 spiro atoms. The highest BCUT2D eigenvalue weighted by Gasteiger charge is 2.14. The summed E-state index contributed by atoms with van der Waals surface area (Å²) in [6, 6.07) is 5.01. The van der Waals surface area contributed by atoms with Gasteiger partial charge in [-0.05, 0) is 25.5 Å². The number of rotatable bonds is 6. The van der Waals surface area contributed by atoms with Crippen LogP contribution in [0.3, 0.4) is 0 Å². The van der Waals surface area contributed by atoms with E-state index in [-0.39, 0.29) is 30.7 Å². The van der Waals surface area contributed by atoms with Crippen molar-refractivity contribution in [1.82, 2.24) is 0 Å². The number of benzene rings is 1. The van der Waals surface area contributed by atoms with Gasteiger partial charge in [-0.3, -0.25) is 9.59 Å². The number of carbonyl (C=O) groups is 3. The summed E-state index contributed by atoms with van der Waals surface area (Å²) < 4.78 is 4.66. The fourth-order valence-electron chi connectivity index (χ4n) is 1.66. The maximum absolute atomic E-state index is 11.7. The van der Waals surface area contributed by atoms with Crippen LogP contribution >= 0.6 is 0 Å². The predicted octanol–water partition coefficient (Wildman–Crippen LogP) is 1.98. The van der Waals surface area contributed by atoms with Crippen molar-refractivity contribution in [3.63, 3.8) is 0 Å². The van der Waals surface area contributed by atoms with E-state index in [0.29, 0.717) is 5.69 Å². The van der Waals surface area contributed by atoms with E-state index >= 15 is 0 Å². The van der Waals surface area contributed by atoms with Crippen LogP contribution in [0, 0.1) is 6.92 Å². The first-order valence-corrected chi connectivity index (χ1v) is 6.14. The number of amides is 1. The van der Waals surface area contributed by atoms with Crippen LogP contribution in [0.25, 0.3) is 0 Å². The lowest BCUT2D eigenvalue weighted by molar-refractivity contribution is -0.137. The number of carbonyl (C=O) groups excluding carboxylic acids is 2. The molecule has 1 aromatic rings. The molecule has 20 heavy (non-hydrogen) atoms. The summed E-state index contributed by atoms with van der Waals surface area (Å²) in [4.78, 5) is 33.7. The average molecular weight is 279 g/mol. The van der Waals surface area contributed by atoms with Crippen molar-refractivity contribution >= 4 is 23.5 Å². The van der Waals surface area contributed by atoms with Crippen LogP contribution in [-0.2, 0) is 14.3 Å². The molecule has 1 rings (SSSR count). The van der Waals surface area contributed by atoms with Gasteiger partial charge in [0.2, 0.25) is 5.91 Å². The minimum absolute atomic E-state index is 0.0643. The molecule has 0 unspecified atom stereocenters. The number of hydrogen-bond donors (Lipinski definition) is 2. The van der Waals surface area contributed by atoms with Gasteiger partial charge >= 0.3 is 11.9 Å². The third-order valence-electron chi connectivity index (χ3n) is 2.65. The number of aryl methyl sites for hydroxylation is 1. The third-order valence-corrected chi connectivity index (χ3v) is 2.65. The summed E-state index contributed by atoms with van der Waals surface area (Å²) in [5.74, 6) is -1.81. The molecule has 0 saturated carbocycles. The van der Waals surface area contributed by atoms with E-state index in [4.69, 9.17) is 5.11 Å². The number of carboxylic acids is 1. The molecule has 0 fully saturated rings. The van der Waals surface area contributed by atoms with Crippen molar-refractivity contribution in [2.45, 2.75) is 26.2 Å². The number of aliphatic carboxylic acids is 1. The molecule has 2 N–H and O–H groups in total. The molecule has 6 nitrogen and oxygen atoms in total. The molecule has 0 aliphatic heterocycles. The summed E-state index contributed by atoms with van der Waals surface area (Å²) in [5.41, 5.74) is 1.51. The molecule has 6 heteroatoms. The van der Waals surface area contributed by atoms with Gasteiger partial charge in [0.05, 0.1) is 18.4 Å². The fraction of sp³-hybridized carbons (Fsp3) is 0.357. The standard InChI is InChI=1S/C14H17NO5/c1-9-6-7-11(10(8-9)14(19)20-2)15-12(16)4-3-5-13(17)18/h6-8H,3-5H2,1-2H3,(H,15,16)(H,17,18). The smallest absolute Gasteiger partial charge is 0.339 e. The Kier molecular flexibility index (Phi) is 5.71. The number of esters is 1. The summed E-state index contributed by atoms with van der Waals surface area (Å²) in [6.45, 7) is 1.82. The van der Waals surface area contributed by atoms with Gasteiger partial charge < -0.3 is 15.2 Å². The molecule has 0 atom stereocenters. The molecule has 1 aromatic carbocycles. The highest BCUT2D eigenvalue weighted by Crippen LogP contribution is 2.19. The quantitative estimate of drug-likeness (QED) is 0.777. The number of anilines is 1. The molecule has 1 amide bonds. The topological polar surface area (TPSA) is 92.7 Å². The van der Waals surface area contributed by atoms with Gasteiger partial charge in [-0.1, -0.05) is 11.6 Å². The molecule has 0 aliphatic carbocycles.